The van der Waals surface area contributed by atoms with Crippen LogP contribution in [0.5, 0.6) is 0 Å². The van der Waals surface area contributed by atoms with Crippen molar-refractivity contribution in [2.75, 3.05) is 0 Å². The zero-order valence-corrected chi connectivity index (χ0v) is 9.76. The van der Waals surface area contributed by atoms with Crippen LogP contribution in [0, 0.1) is 5.82 Å². The minimum Gasteiger partial charge on any atom is -0.256 e. The van der Waals surface area contributed by atoms with Gasteiger partial charge in [0.15, 0.2) is 0 Å². The van der Waals surface area contributed by atoms with E-state index in [2.05, 4.69) is 4.98 Å². The molecule has 0 bridgehead atoms. The van der Waals surface area contributed by atoms with Gasteiger partial charge in [-0.2, -0.15) is 0 Å². The quantitative estimate of drug-likeness (QED) is 0.787. The topological polar surface area (TPSA) is 12.9 Å². The van der Waals surface area contributed by atoms with Gasteiger partial charge in [-0.15, -0.1) is 0 Å². The normalized spacial score (nSPS) is 10.4. The molecule has 0 amide bonds. The van der Waals surface area contributed by atoms with Crippen molar-refractivity contribution in [1.82, 2.24) is 4.98 Å². The Hall–Kier alpha value is -1.12. The number of pyridine rings is 1. The summed E-state index contributed by atoms with van der Waals surface area (Å²) in [7, 11) is 0. The first kappa shape index (κ1) is 11.4. The molecule has 0 unspecified atom stereocenters. The Kier molecular flexibility index (Phi) is 3.42. The summed E-state index contributed by atoms with van der Waals surface area (Å²) >= 11 is 11.7. The van der Waals surface area contributed by atoms with E-state index in [4.69, 9.17) is 23.2 Å². The van der Waals surface area contributed by atoms with Crippen LogP contribution in [0.1, 0.15) is 11.3 Å². The van der Waals surface area contributed by atoms with E-state index in [-0.39, 0.29) is 0 Å². The molecule has 4 heteroatoms. The smallest absolute Gasteiger partial charge is 0.142 e. The van der Waals surface area contributed by atoms with Crippen molar-refractivity contribution in [1.29, 1.82) is 0 Å². The highest BCUT2D eigenvalue weighted by Crippen LogP contribution is 2.19. The fourth-order valence-corrected chi connectivity index (χ4v) is 1.71. The van der Waals surface area contributed by atoms with Gasteiger partial charge < -0.3 is 0 Å². The lowest BCUT2D eigenvalue weighted by Gasteiger charge is -2.03. The van der Waals surface area contributed by atoms with Crippen molar-refractivity contribution < 1.29 is 4.39 Å². The zero-order valence-electron chi connectivity index (χ0n) is 8.25. The number of hydrogen-bond acceptors (Lipinski definition) is 1. The van der Waals surface area contributed by atoms with Gasteiger partial charge >= 0.3 is 0 Å². The van der Waals surface area contributed by atoms with Crippen LogP contribution < -0.4 is 0 Å². The van der Waals surface area contributed by atoms with Crippen molar-refractivity contribution in [2.24, 2.45) is 0 Å². The molecule has 0 aliphatic heterocycles. The predicted octanol–water partition coefficient (Wildman–Crippen LogP) is 4.12. The lowest BCUT2D eigenvalue weighted by Crippen LogP contribution is -1.94. The molecule has 2 rings (SSSR count). The lowest BCUT2D eigenvalue weighted by molar-refractivity contribution is 0.619. The third-order valence-corrected chi connectivity index (χ3v) is 2.75. The van der Waals surface area contributed by atoms with Crippen molar-refractivity contribution in [3.63, 3.8) is 0 Å². The number of halogens is 3. The summed E-state index contributed by atoms with van der Waals surface area (Å²) in [4.78, 5) is 3.96. The maximum absolute atomic E-state index is 12.8. The first-order valence-electron chi connectivity index (χ1n) is 4.69. The number of nitrogens with zero attached hydrogens (tertiary/aromatic N) is 1. The summed E-state index contributed by atoms with van der Waals surface area (Å²) in [5.74, 6) is -0.426. The van der Waals surface area contributed by atoms with Crippen LogP contribution in [0.25, 0.3) is 0 Å². The Balaban J connectivity index is 2.23. The van der Waals surface area contributed by atoms with Crippen molar-refractivity contribution in [3.8, 4) is 0 Å². The van der Waals surface area contributed by atoms with Gasteiger partial charge in [0.2, 0.25) is 0 Å². The van der Waals surface area contributed by atoms with E-state index in [9.17, 15) is 4.39 Å². The van der Waals surface area contributed by atoms with Gasteiger partial charge in [-0.3, -0.25) is 4.98 Å². The molecule has 0 saturated heterocycles. The van der Waals surface area contributed by atoms with Gasteiger partial charge in [-0.25, -0.2) is 4.39 Å². The van der Waals surface area contributed by atoms with Gasteiger partial charge in [0.25, 0.3) is 0 Å². The van der Waals surface area contributed by atoms with Gasteiger partial charge in [-0.1, -0.05) is 35.3 Å². The second-order valence-electron chi connectivity index (χ2n) is 3.39. The molecule has 0 aliphatic rings. The first-order valence-corrected chi connectivity index (χ1v) is 5.45. The Bertz CT molecular complexity index is 497. The Morgan fingerprint density at radius 2 is 1.81 bits per heavy atom. The van der Waals surface area contributed by atoms with Crippen LogP contribution in [0.4, 0.5) is 4.39 Å². The largest absolute Gasteiger partial charge is 0.256 e. The van der Waals surface area contributed by atoms with Crippen LogP contribution in [-0.2, 0) is 6.42 Å². The van der Waals surface area contributed by atoms with Crippen molar-refractivity contribution in [2.45, 2.75) is 6.42 Å². The second-order valence-corrected chi connectivity index (χ2v) is 4.23. The average molecular weight is 256 g/mol. The summed E-state index contributed by atoms with van der Waals surface area (Å²) in [5.41, 5.74) is 1.69. The SMILES string of the molecule is Fc1cnc(Cc2ccc(Cl)cc2)c(Cl)c1. The lowest BCUT2D eigenvalue weighted by atomic mass is 10.1. The molecule has 0 N–H and O–H groups in total. The summed E-state index contributed by atoms with van der Waals surface area (Å²) in [6.45, 7) is 0. The summed E-state index contributed by atoms with van der Waals surface area (Å²) in [6.07, 6.45) is 1.73. The van der Waals surface area contributed by atoms with Gasteiger partial charge in [0.1, 0.15) is 5.82 Å². The van der Waals surface area contributed by atoms with Gasteiger partial charge in [0, 0.05) is 11.4 Å². The summed E-state index contributed by atoms with van der Waals surface area (Å²) in [6, 6.07) is 8.65. The number of hydrogen-bond donors (Lipinski definition) is 0. The number of rotatable bonds is 2. The molecule has 2 aromatic rings. The molecule has 1 heterocycles. The fourth-order valence-electron chi connectivity index (χ4n) is 1.37. The molecule has 16 heavy (non-hydrogen) atoms. The predicted molar refractivity (Wildman–Crippen MR) is 63.5 cm³/mol. The molecule has 0 atom stereocenters. The van der Waals surface area contributed by atoms with Crippen molar-refractivity contribution >= 4 is 23.2 Å². The number of aromatic nitrogens is 1. The maximum Gasteiger partial charge on any atom is 0.142 e. The summed E-state index contributed by atoms with van der Waals surface area (Å²) in [5, 5.41) is 1.02. The molecule has 0 spiro atoms. The fraction of sp³-hybridized carbons (Fsp3) is 0.0833. The third kappa shape index (κ3) is 2.71. The first-order chi connectivity index (χ1) is 7.65. The molecule has 0 aliphatic carbocycles. The second kappa shape index (κ2) is 4.81. The zero-order chi connectivity index (χ0) is 11.5. The summed E-state index contributed by atoms with van der Waals surface area (Å²) < 4.78 is 12.8. The molecule has 0 saturated carbocycles. The highest BCUT2D eigenvalue weighted by molar-refractivity contribution is 6.31. The number of benzene rings is 1. The van der Waals surface area contributed by atoms with Gasteiger partial charge in [-0.05, 0) is 23.8 Å². The van der Waals surface area contributed by atoms with E-state index in [1.54, 1.807) is 12.1 Å². The van der Waals surface area contributed by atoms with Crippen LogP contribution in [0.15, 0.2) is 36.5 Å². The average Bonchev–Trinajstić information content (AvgIpc) is 2.25. The Labute approximate surface area is 103 Å². The highest BCUT2D eigenvalue weighted by atomic mass is 35.5. The van der Waals surface area contributed by atoms with E-state index in [1.807, 2.05) is 12.1 Å². The van der Waals surface area contributed by atoms with Crippen LogP contribution in [-0.4, -0.2) is 4.98 Å². The van der Waals surface area contributed by atoms with Crippen LogP contribution in [0.3, 0.4) is 0 Å². The molecule has 0 radical (unpaired) electrons. The molecule has 1 aromatic carbocycles. The van der Waals surface area contributed by atoms with Crippen LogP contribution in [0.2, 0.25) is 10.0 Å². The maximum atomic E-state index is 12.8. The van der Waals surface area contributed by atoms with E-state index < -0.39 is 5.82 Å². The highest BCUT2D eigenvalue weighted by Gasteiger charge is 2.04. The standard InChI is InChI=1S/C12H8Cl2FN/c13-9-3-1-8(2-4-9)5-12-11(14)6-10(15)7-16-12/h1-4,6-7H,5H2. The van der Waals surface area contributed by atoms with E-state index in [0.29, 0.717) is 22.2 Å². The van der Waals surface area contributed by atoms with E-state index >= 15 is 0 Å². The molecule has 0 fully saturated rings. The minimum atomic E-state index is -0.426. The molecular weight excluding hydrogens is 248 g/mol. The Morgan fingerprint density at radius 3 is 2.44 bits per heavy atom. The monoisotopic (exact) mass is 255 g/mol. The molecule has 82 valence electrons. The molecular formula is C12H8Cl2FN. The Morgan fingerprint density at radius 1 is 1.12 bits per heavy atom. The molecule has 1 nitrogen and oxygen atoms in total. The van der Waals surface area contributed by atoms with Gasteiger partial charge in [0.05, 0.1) is 16.9 Å². The third-order valence-electron chi connectivity index (χ3n) is 2.17. The minimum absolute atomic E-state index is 0.343. The van der Waals surface area contributed by atoms with E-state index in [1.165, 1.54) is 6.07 Å². The van der Waals surface area contributed by atoms with Crippen LogP contribution >= 0.6 is 23.2 Å². The van der Waals surface area contributed by atoms with E-state index in [0.717, 1.165) is 11.8 Å². The molecule has 1 aromatic heterocycles. The van der Waals surface area contributed by atoms with Crippen molar-refractivity contribution in [3.05, 3.63) is 63.6 Å².